The van der Waals surface area contributed by atoms with Crippen LogP contribution >= 0.6 is 0 Å². The third kappa shape index (κ3) is 1.29. The van der Waals surface area contributed by atoms with E-state index in [1.165, 1.54) is 0 Å². The monoisotopic (exact) mass is 184 g/mol. The standard InChI is InChI=1S/C9H16N2O2/c1-6(2)10-4-7-3-8(5-10)11(7)9(12)13/h6-8H,3-5H2,1-2H3,(H,12,13). The average Bonchev–Trinajstić information content (AvgIpc) is 2.03. The molecule has 3 saturated heterocycles. The summed E-state index contributed by atoms with van der Waals surface area (Å²) in [4.78, 5) is 14.7. The number of amides is 1. The van der Waals surface area contributed by atoms with Gasteiger partial charge in [-0.1, -0.05) is 0 Å². The lowest BCUT2D eigenvalue weighted by Crippen LogP contribution is -2.70. The van der Waals surface area contributed by atoms with E-state index in [4.69, 9.17) is 5.11 Å². The van der Waals surface area contributed by atoms with Gasteiger partial charge < -0.3 is 5.11 Å². The molecule has 13 heavy (non-hydrogen) atoms. The maximum atomic E-state index is 10.8. The number of rotatable bonds is 1. The Morgan fingerprint density at radius 3 is 2.31 bits per heavy atom. The zero-order chi connectivity index (χ0) is 9.59. The molecule has 2 atom stereocenters. The van der Waals surface area contributed by atoms with Crippen LogP contribution in [0.2, 0.25) is 0 Å². The second-order valence-electron chi connectivity index (χ2n) is 4.28. The fourth-order valence-electron chi connectivity index (χ4n) is 2.38. The molecule has 0 aromatic rings. The van der Waals surface area contributed by atoms with E-state index in [0.717, 1.165) is 19.5 Å². The number of piperazine rings is 1. The van der Waals surface area contributed by atoms with Gasteiger partial charge in [0.2, 0.25) is 0 Å². The molecule has 3 aliphatic heterocycles. The Balaban J connectivity index is 1.98. The summed E-state index contributed by atoms with van der Waals surface area (Å²) in [5, 5.41) is 8.87. The number of carbonyl (C=O) groups is 1. The summed E-state index contributed by atoms with van der Waals surface area (Å²) in [6, 6.07) is 1.07. The normalized spacial score (nSPS) is 33.3. The van der Waals surface area contributed by atoms with Crippen LogP contribution in [-0.2, 0) is 0 Å². The Morgan fingerprint density at radius 1 is 1.38 bits per heavy atom. The van der Waals surface area contributed by atoms with Gasteiger partial charge in [-0.2, -0.15) is 0 Å². The molecular formula is C9H16N2O2. The fraction of sp³-hybridized carbons (Fsp3) is 0.889. The van der Waals surface area contributed by atoms with Gasteiger partial charge in [-0.15, -0.1) is 0 Å². The van der Waals surface area contributed by atoms with Crippen LogP contribution in [0.4, 0.5) is 4.79 Å². The average molecular weight is 184 g/mol. The molecule has 0 aromatic carbocycles. The molecule has 1 amide bonds. The van der Waals surface area contributed by atoms with E-state index in [0.29, 0.717) is 6.04 Å². The molecule has 4 heteroatoms. The first-order valence-corrected chi connectivity index (χ1v) is 4.85. The zero-order valence-electron chi connectivity index (χ0n) is 8.10. The summed E-state index contributed by atoms with van der Waals surface area (Å²) in [5.74, 6) is 0. The molecule has 3 rings (SSSR count). The minimum Gasteiger partial charge on any atom is -0.465 e. The van der Waals surface area contributed by atoms with Gasteiger partial charge in [0.15, 0.2) is 0 Å². The molecule has 3 fully saturated rings. The van der Waals surface area contributed by atoms with Crippen molar-refractivity contribution in [3.63, 3.8) is 0 Å². The molecule has 74 valence electrons. The Bertz CT molecular complexity index is 218. The molecule has 2 unspecified atom stereocenters. The largest absolute Gasteiger partial charge is 0.465 e. The van der Waals surface area contributed by atoms with Crippen LogP contribution in [0.5, 0.6) is 0 Å². The van der Waals surface area contributed by atoms with Crippen LogP contribution in [0, 0.1) is 0 Å². The van der Waals surface area contributed by atoms with Crippen molar-refractivity contribution in [3.8, 4) is 0 Å². The second kappa shape index (κ2) is 2.87. The van der Waals surface area contributed by atoms with E-state index < -0.39 is 6.09 Å². The van der Waals surface area contributed by atoms with Gasteiger partial charge >= 0.3 is 6.09 Å². The van der Waals surface area contributed by atoms with Gasteiger partial charge in [-0.25, -0.2) is 4.79 Å². The van der Waals surface area contributed by atoms with Crippen molar-refractivity contribution in [2.45, 2.75) is 38.4 Å². The molecule has 3 aliphatic rings. The maximum absolute atomic E-state index is 10.8. The third-order valence-electron chi connectivity index (χ3n) is 3.17. The van der Waals surface area contributed by atoms with Crippen LogP contribution in [0.3, 0.4) is 0 Å². The highest BCUT2D eigenvalue weighted by atomic mass is 16.4. The summed E-state index contributed by atoms with van der Waals surface area (Å²) in [7, 11) is 0. The summed E-state index contributed by atoms with van der Waals surface area (Å²) in [5.41, 5.74) is 0. The van der Waals surface area contributed by atoms with Crippen molar-refractivity contribution in [1.82, 2.24) is 9.80 Å². The Labute approximate surface area is 78.1 Å². The summed E-state index contributed by atoms with van der Waals surface area (Å²) in [6.07, 6.45) is 0.319. The van der Waals surface area contributed by atoms with Gasteiger partial charge in [0.1, 0.15) is 0 Å². The lowest BCUT2D eigenvalue weighted by atomic mass is 9.87. The molecule has 0 aromatic heterocycles. The lowest BCUT2D eigenvalue weighted by Gasteiger charge is -2.55. The fourth-order valence-corrected chi connectivity index (χ4v) is 2.38. The molecular weight excluding hydrogens is 168 g/mol. The number of nitrogens with zero attached hydrogens (tertiary/aromatic N) is 2. The maximum Gasteiger partial charge on any atom is 0.407 e. The number of fused-ring (bicyclic) bond motifs is 2. The van der Waals surface area contributed by atoms with Crippen molar-refractivity contribution >= 4 is 6.09 Å². The predicted octanol–water partition coefficient (Wildman–Crippen LogP) is 0.831. The topological polar surface area (TPSA) is 43.8 Å². The number of carboxylic acid groups (broad SMARTS) is 1. The second-order valence-corrected chi connectivity index (χ2v) is 4.28. The highest BCUT2D eigenvalue weighted by Gasteiger charge is 2.47. The molecule has 3 heterocycles. The summed E-state index contributed by atoms with van der Waals surface area (Å²) >= 11 is 0. The highest BCUT2D eigenvalue weighted by molar-refractivity contribution is 5.67. The smallest absolute Gasteiger partial charge is 0.407 e. The minimum atomic E-state index is -0.746. The van der Waals surface area contributed by atoms with E-state index >= 15 is 0 Å². The summed E-state index contributed by atoms with van der Waals surface area (Å²) < 4.78 is 0. The quantitative estimate of drug-likeness (QED) is 0.656. The highest BCUT2D eigenvalue weighted by Crippen LogP contribution is 2.32. The number of hydrogen-bond donors (Lipinski definition) is 1. The van der Waals surface area contributed by atoms with Crippen molar-refractivity contribution in [2.75, 3.05) is 13.1 Å². The molecule has 0 radical (unpaired) electrons. The Morgan fingerprint density at radius 2 is 1.92 bits per heavy atom. The predicted molar refractivity (Wildman–Crippen MR) is 48.8 cm³/mol. The first-order chi connectivity index (χ1) is 6.09. The third-order valence-corrected chi connectivity index (χ3v) is 3.17. The van der Waals surface area contributed by atoms with E-state index in [1.54, 1.807) is 4.90 Å². The first kappa shape index (κ1) is 8.81. The van der Waals surface area contributed by atoms with Crippen molar-refractivity contribution < 1.29 is 9.90 Å². The Hall–Kier alpha value is -0.770. The molecule has 2 bridgehead atoms. The SMILES string of the molecule is CC(C)N1CC2CC(C1)N2C(=O)O. The molecule has 0 spiro atoms. The van der Waals surface area contributed by atoms with Crippen LogP contribution in [-0.4, -0.2) is 52.2 Å². The molecule has 4 nitrogen and oxygen atoms in total. The van der Waals surface area contributed by atoms with Crippen molar-refractivity contribution in [1.29, 1.82) is 0 Å². The van der Waals surface area contributed by atoms with Crippen molar-refractivity contribution in [2.24, 2.45) is 0 Å². The van der Waals surface area contributed by atoms with E-state index in [-0.39, 0.29) is 12.1 Å². The van der Waals surface area contributed by atoms with E-state index in [1.807, 2.05) is 0 Å². The van der Waals surface area contributed by atoms with E-state index in [2.05, 4.69) is 18.7 Å². The summed E-state index contributed by atoms with van der Waals surface area (Å²) in [6.45, 7) is 6.16. The molecule has 0 aliphatic carbocycles. The van der Waals surface area contributed by atoms with Gasteiger partial charge in [-0.05, 0) is 20.3 Å². The van der Waals surface area contributed by atoms with Gasteiger partial charge in [0.25, 0.3) is 0 Å². The van der Waals surface area contributed by atoms with Gasteiger partial charge in [0, 0.05) is 19.1 Å². The van der Waals surface area contributed by atoms with Gasteiger partial charge in [0.05, 0.1) is 12.1 Å². The first-order valence-electron chi connectivity index (χ1n) is 4.85. The van der Waals surface area contributed by atoms with Crippen LogP contribution < -0.4 is 0 Å². The Kier molecular flexibility index (Phi) is 1.95. The van der Waals surface area contributed by atoms with Gasteiger partial charge in [-0.3, -0.25) is 9.80 Å². The lowest BCUT2D eigenvalue weighted by molar-refractivity contribution is -0.0599. The van der Waals surface area contributed by atoms with Crippen LogP contribution in [0.1, 0.15) is 20.3 Å². The minimum absolute atomic E-state index is 0.263. The zero-order valence-corrected chi connectivity index (χ0v) is 8.10. The molecule has 1 N–H and O–H groups in total. The number of hydrogen-bond acceptors (Lipinski definition) is 2. The van der Waals surface area contributed by atoms with Crippen LogP contribution in [0.15, 0.2) is 0 Å². The molecule has 0 saturated carbocycles. The van der Waals surface area contributed by atoms with Crippen LogP contribution in [0.25, 0.3) is 0 Å². The van der Waals surface area contributed by atoms with Crippen molar-refractivity contribution in [3.05, 3.63) is 0 Å². The number of piperidine rings is 1. The van der Waals surface area contributed by atoms with E-state index in [9.17, 15) is 4.79 Å².